The van der Waals surface area contributed by atoms with Crippen molar-refractivity contribution in [1.29, 1.82) is 0 Å². The molecule has 1 unspecified atom stereocenters. The van der Waals surface area contributed by atoms with Gasteiger partial charge in [0.15, 0.2) is 11.5 Å². The quantitative estimate of drug-likeness (QED) is 0.223. The second-order valence-electron chi connectivity index (χ2n) is 10.6. The highest BCUT2D eigenvalue weighted by Crippen LogP contribution is 2.48. The minimum Gasteiger partial charge on any atom is -0.507 e. The zero-order valence-corrected chi connectivity index (χ0v) is 24.1. The zero-order valence-electron chi connectivity index (χ0n) is 24.1. The molecule has 1 heterocycles. The third-order valence-corrected chi connectivity index (χ3v) is 7.14. The first-order valence-electron chi connectivity index (χ1n) is 12.8. The molecule has 1 amide bonds. The van der Waals surface area contributed by atoms with Gasteiger partial charge in [0.1, 0.15) is 11.5 Å². The van der Waals surface area contributed by atoms with E-state index in [-0.39, 0.29) is 16.7 Å². The number of aliphatic hydroxyl groups is 1. The molecular formula is C32H35NO7. The van der Waals surface area contributed by atoms with Gasteiger partial charge in [-0.2, -0.15) is 0 Å². The number of hydrogen-bond acceptors (Lipinski definition) is 7. The van der Waals surface area contributed by atoms with Crippen LogP contribution in [0.15, 0.2) is 60.2 Å². The van der Waals surface area contributed by atoms with Gasteiger partial charge in [0, 0.05) is 5.69 Å². The number of rotatable bonds is 7. The molecule has 4 rings (SSSR count). The fraction of sp³-hybridized carbons (Fsp3) is 0.312. The number of ketones is 1. The van der Waals surface area contributed by atoms with Crippen LogP contribution in [-0.4, -0.2) is 45.2 Å². The lowest BCUT2D eigenvalue weighted by Gasteiger charge is -2.28. The summed E-state index contributed by atoms with van der Waals surface area (Å²) < 4.78 is 22.2. The molecule has 40 heavy (non-hydrogen) atoms. The molecule has 1 N–H and O–H groups in total. The second-order valence-corrected chi connectivity index (χ2v) is 10.6. The van der Waals surface area contributed by atoms with Crippen LogP contribution in [0, 0.1) is 6.92 Å². The predicted molar refractivity (Wildman–Crippen MR) is 154 cm³/mol. The molecule has 3 aromatic carbocycles. The van der Waals surface area contributed by atoms with Crippen LogP contribution in [0.3, 0.4) is 0 Å². The summed E-state index contributed by atoms with van der Waals surface area (Å²) in [5.41, 5.74) is 2.73. The monoisotopic (exact) mass is 545 g/mol. The van der Waals surface area contributed by atoms with E-state index in [1.54, 1.807) is 36.4 Å². The molecule has 3 aromatic rings. The molecule has 1 aliphatic heterocycles. The van der Waals surface area contributed by atoms with Gasteiger partial charge in [-0.25, -0.2) is 0 Å². The van der Waals surface area contributed by atoms with Crippen LogP contribution < -0.4 is 23.8 Å². The van der Waals surface area contributed by atoms with Gasteiger partial charge in [0.2, 0.25) is 5.75 Å². The van der Waals surface area contributed by atoms with Crippen molar-refractivity contribution in [1.82, 2.24) is 0 Å². The van der Waals surface area contributed by atoms with Crippen LogP contribution in [0.4, 0.5) is 5.69 Å². The Hall–Kier alpha value is -4.46. The first kappa shape index (κ1) is 28.5. The maximum atomic E-state index is 13.8. The Labute approximate surface area is 234 Å². The van der Waals surface area contributed by atoms with Gasteiger partial charge >= 0.3 is 0 Å². The molecule has 0 aromatic heterocycles. The number of nitrogens with zero attached hydrogens (tertiary/aromatic N) is 1. The van der Waals surface area contributed by atoms with Crippen molar-refractivity contribution in [3.05, 3.63) is 82.4 Å². The predicted octanol–water partition coefficient (Wildman–Crippen LogP) is 5.95. The van der Waals surface area contributed by atoms with Crippen molar-refractivity contribution in [2.75, 3.05) is 33.3 Å². The summed E-state index contributed by atoms with van der Waals surface area (Å²) in [6.45, 7) is 8.00. The summed E-state index contributed by atoms with van der Waals surface area (Å²) in [6.07, 6.45) is 0. The molecule has 1 aliphatic rings. The van der Waals surface area contributed by atoms with Gasteiger partial charge in [-0.15, -0.1) is 0 Å². The van der Waals surface area contributed by atoms with Crippen molar-refractivity contribution in [2.24, 2.45) is 0 Å². The first-order valence-corrected chi connectivity index (χ1v) is 12.8. The van der Waals surface area contributed by atoms with Crippen molar-refractivity contribution < 1.29 is 33.6 Å². The Kier molecular flexibility index (Phi) is 7.82. The van der Waals surface area contributed by atoms with E-state index in [0.717, 1.165) is 11.1 Å². The van der Waals surface area contributed by atoms with E-state index >= 15 is 0 Å². The molecular weight excluding hydrogens is 510 g/mol. The van der Waals surface area contributed by atoms with Crippen LogP contribution in [0.2, 0.25) is 0 Å². The minimum atomic E-state index is -1.00. The molecule has 0 bridgehead atoms. The maximum Gasteiger partial charge on any atom is 0.300 e. The Morgan fingerprint density at radius 2 is 1.43 bits per heavy atom. The van der Waals surface area contributed by atoms with Crippen molar-refractivity contribution in [3.8, 4) is 23.0 Å². The van der Waals surface area contributed by atoms with Crippen LogP contribution in [0.25, 0.3) is 5.76 Å². The lowest BCUT2D eigenvalue weighted by molar-refractivity contribution is -0.132. The lowest BCUT2D eigenvalue weighted by Crippen LogP contribution is -2.30. The molecule has 210 valence electrons. The number of para-hydroxylation sites is 1. The highest BCUT2D eigenvalue weighted by molar-refractivity contribution is 6.51. The van der Waals surface area contributed by atoms with Gasteiger partial charge in [-0.1, -0.05) is 45.0 Å². The number of aryl methyl sites for hydroxylation is 1. The Morgan fingerprint density at radius 3 is 1.95 bits per heavy atom. The minimum absolute atomic E-state index is 0.0770. The van der Waals surface area contributed by atoms with Gasteiger partial charge in [-0.3, -0.25) is 14.5 Å². The van der Waals surface area contributed by atoms with Crippen molar-refractivity contribution in [3.63, 3.8) is 0 Å². The average Bonchev–Trinajstić information content (AvgIpc) is 3.20. The van der Waals surface area contributed by atoms with Gasteiger partial charge in [0.25, 0.3) is 11.7 Å². The molecule has 1 fully saturated rings. The number of hydrogen-bond donors (Lipinski definition) is 1. The number of aliphatic hydroxyl groups excluding tert-OH is 1. The fourth-order valence-corrected chi connectivity index (χ4v) is 4.99. The van der Waals surface area contributed by atoms with E-state index in [2.05, 4.69) is 0 Å². The summed E-state index contributed by atoms with van der Waals surface area (Å²) in [5.74, 6) is -0.490. The Balaban J connectivity index is 2.09. The van der Waals surface area contributed by atoms with Gasteiger partial charge in [-0.05, 0) is 59.4 Å². The third kappa shape index (κ3) is 4.85. The number of Topliss-reactive ketones (excluding diaryl/α,β-unsaturated/α-hetero) is 1. The number of carbonyl (C=O) groups is 2. The maximum absolute atomic E-state index is 13.8. The standard InChI is InChI=1S/C32H35NO7/c1-18-11-9-10-12-22(18)33-27(19-15-24(38-6)30(40-8)25(16-19)39-7)26(29(35)31(33)36)28(34)21-17-20(32(2,3)4)13-14-23(21)37-5/h9-17,27,34H,1-8H3/b28-26+. The molecule has 1 atom stereocenters. The summed E-state index contributed by atoms with van der Waals surface area (Å²) in [4.78, 5) is 28.9. The normalized spacial score (nSPS) is 16.7. The van der Waals surface area contributed by atoms with Crippen LogP contribution >= 0.6 is 0 Å². The molecule has 0 spiro atoms. The number of anilines is 1. The molecule has 0 saturated carbocycles. The molecule has 8 heteroatoms. The van der Waals surface area contributed by atoms with Crippen LogP contribution in [0.1, 0.15) is 49.1 Å². The largest absolute Gasteiger partial charge is 0.507 e. The van der Waals surface area contributed by atoms with E-state index in [1.165, 1.54) is 33.3 Å². The number of amides is 1. The van der Waals surface area contributed by atoms with Crippen molar-refractivity contribution >= 4 is 23.1 Å². The molecule has 8 nitrogen and oxygen atoms in total. The lowest BCUT2D eigenvalue weighted by atomic mass is 9.85. The molecule has 1 saturated heterocycles. The third-order valence-electron chi connectivity index (χ3n) is 7.14. The summed E-state index contributed by atoms with van der Waals surface area (Å²) in [5, 5.41) is 11.8. The highest BCUT2D eigenvalue weighted by atomic mass is 16.5. The highest BCUT2D eigenvalue weighted by Gasteiger charge is 2.48. The van der Waals surface area contributed by atoms with Crippen LogP contribution in [0.5, 0.6) is 23.0 Å². The smallest absolute Gasteiger partial charge is 0.300 e. The van der Waals surface area contributed by atoms with Crippen molar-refractivity contribution in [2.45, 2.75) is 39.2 Å². The summed E-state index contributed by atoms with van der Waals surface area (Å²) in [7, 11) is 5.96. The Morgan fingerprint density at radius 1 is 0.825 bits per heavy atom. The SMILES string of the molecule is COc1ccc(C(C)(C)C)cc1/C(O)=C1\C(=O)C(=O)N(c2ccccc2C)C1c1cc(OC)c(OC)c(OC)c1. The van der Waals surface area contributed by atoms with Crippen LogP contribution in [-0.2, 0) is 15.0 Å². The number of ether oxygens (including phenoxy) is 4. The second kappa shape index (κ2) is 11.0. The zero-order chi connectivity index (χ0) is 29.4. The fourth-order valence-electron chi connectivity index (χ4n) is 4.99. The van der Waals surface area contributed by atoms with Gasteiger partial charge in [0.05, 0.1) is 45.6 Å². The first-order chi connectivity index (χ1) is 19.0. The summed E-state index contributed by atoms with van der Waals surface area (Å²) >= 11 is 0. The Bertz CT molecular complexity index is 1470. The number of carbonyl (C=O) groups excluding carboxylic acids is 2. The van der Waals surface area contributed by atoms with E-state index in [1.807, 2.05) is 45.9 Å². The topological polar surface area (TPSA) is 94.5 Å². The van der Waals surface area contributed by atoms with E-state index in [4.69, 9.17) is 18.9 Å². The number of methoxy groups -OCH3 is 4. The summed E-state index contributed by atoms with van der Waals surface area (Å²) in [6, 6.07) is 15.1. The molecule has 0 aliphatic carbocycles. The van der Waals surface area contributed by atoms with E-state index in [0.29, 0.717) is 39.8 Å². The van der Waals surface area contributed by atoms with E-state index in [9.17, 15) is 14.7 Å². The van der Waals surface area contributed by atoms with Gasteiger partial charge < -0.3 is 24.1 Å². The average molecular weight is 546 g/mol. The number of benzene rings is 3. The van der Waals surface area contributed by atoms with E-state index < -0.39 is 17.7 Å². The molecule has 0 radical (unpaired) electrons.